The van der Waals surface area contributed by atoms with Crippen LogP contribution in [0.1, 0.15) is 30.7 Å². The fourth-order valence-corrected chi connectivity index (χ4v) is 6.36. The van der Waals surface area contributed by atoms with Crippen molar-refractivity contribution in [3.05, 3.63) is 34.7 Å². The first-order chi connectivity index (χ1) is 11.0. The molecule has 4 nitrogen and oxygen atoms in total. The lowest BCUT2D eigenvalue weighted by atomic mass is 9.91. The van der Waals surface area contributed by atoms with Gasteiger partial charge in [-0.3, -0.25) is 0 Å². The van der Waals surface area contributed by atoms with Gasteiger partial charge in [-0.25, -0.2) is 13.4 Å². The summed E-state index contributed by atoms with van der Waals surface area (Å²) in [5.41, 5.74) is 4.76. The minimum Gasteiger partial charge on any atom is -0.303 e. The quantitative estimate of drug-likeness (QED) is 0.855. The van der Waals surface area contributed by atoms with Gasteiger partial charge in [0.2, 0.25) is 0 Å². The molecule has 1 aromatic heterocycles. The third-order valence-electron chi connectivity index (χ3n) is 5.16. The number of hydrogen-bond acceptors (Lipinski definition) is 5. The molecule has 1 saturated heterocycles. The average Bonchev–Trinajstić information content (AvgIpc) is 3.22. The molecule has 0 aliphatic carbocycles. The molecule has 2 aromatic rings. The highest BCUT2D eigenvalue weighted by Crippen LogP contribution is 2.41. The van der Waals surface area contributed by atoms with Gasteiger partial charge in [0.25, 0.3) is 0 Å². The maximum absolute atomic E-state index is 12.5. The standard InChI is InChI=1S/C17H20N2O2S2/c1-19-6-2-3-14(19)7-13-10-23(20,21)17-5-4-12(8-15(13)17)16-9-22-11-18-16/h4-5,8-9,11,13-14H,2-3,6-7,10H2,1H3/t13?,14-/m1/s1. The molecule has 1 unspecified atom stereocenters. The van der Waals surface area contributed by atoms with E-state index in [1.54, 1.807) is 17.4 Å². The van der Waals surface area contributed by atoms with Crippen LogP contribution in [0.4, 0.5) is 0 Å². The summed E-state index contributed by atoms with van der Waals surface area (Å²) in [4.78, 5) is 7.25. The zero-order valence-electron chi connectivity index (χ0n) is 13.1. The highest BCUT2D eigenvalue weighted by atomic mass is 32.2. The Kier molecular flexibility index (Phi) is 3.78. The molecule has 0 spiro atoms. The maximum atomic E-state index is 12.5. The van der Waals surface area contributed by atoms with Crippen LogP contribution >= 0.6 is 11.3 Å². The van der Waals surface area contributed by atoms with Gasteiger partial charge in [-0.2, -0.15) is 0 Å². The lowest BCUT2D eigenvalue weighted by molar-refractivity contribution is 0.286. The summed E-state index contributed by atoms with van der Waals surface area (Å²) < 4.78 is 25.0. The predicted molar refractivity (Wildman–Crippen MR) is 92.6 cm³/mol. The number of likely N-dealkylation sites (tertiary alicyclic amines) is 1. The molecule has 0 saturated carbocycles. The van der Waals surface area contributed by atoms with Crippen molar-refractivity contribution in [2.45, 2.75) is 36.1 Å². The predicted octanol–water partition coefficient (Wildman–Crippen LogP) is 3.17. The Morgan fingerprint density at radius 3 is 2.96 bits per heavy atom. The second kappa shape index (κ2) is 5.69. The second-order valence-electron chi connectivity index (χ2n) is 6.62. The second-order valence-corrected chi connectivity index (χ2v) is 9.34. The zero-order valence-corrected chi connectivity index (χ0v) is 14.7. The molecule has 122 valence electrons. The van der Waals surface area contributed by atoms with Gasteiger partial charge in [0, 0.05) is 22.9 Å². The fraction of sp³-hybridized carbons (Fsp3) is 0.471. The number of benzene rings is 1. The summed E-state index contributed by atoms with van der Waals surface area (Å²) in [6.45, 7) is 1.12. The van der Waals surface area contributed by atoms with Crippen molar-refractivity contribution in [3.63, 3.8) is 0 Å². The molecular weight excluding hydrogens is 328 g/mol. The fourth-order valence-electron chi connectivity index (χ4n) is 3.91. The van der Waals surface area contributed by atoms with E-state index in [0.717, 1.165) is 29.8 Å². The normalized spacial score (nSPS) is 26.5. The van der Waals surface area contributed by atoms with Crippen LogP contribution in [0.2, 0.25) is 0 Å². The van der Waals surface area contributed by atoms with Crippen molar-refractivity contribution in [1.82, 2.24) is 9.88 Å². The van der Waals surface area contributed by atoms with Gasteiger partial charge in [-0.1, -0.05) is 6.07 Å². The summed E-state index contributed by atoms with van der Waals surface area (Å²) in [5, 5.41) is 2.00. The maximum Gasteiger partial charge on any atom is 0.179 e. The van der Waals surface area contributed by atoms with E-state index in [1.165, 1.54) is 12.8 Å². The Hall–Kier alpha value is -1.24. The van der Waals surface area contributed by atoms with E-state index in [-0.39, 0.29) is 11.7 Å². The first-order valence-corrected chi connectivity index (χ1v) is 10.6. The Morgan fingerprint density at radius 2 is 2.26 bits per heavy atom. The molecule has 2 atom stereocenters. The van der Waals surface area contributed by atoms with Crippen molar-refractivity contribution in [2.24, 2.45) is 0 Å². The van der Waals surface area contributed by atoms with Crippen LogP contribution < -0.4 is 0 Å². The molecule has 4 rings (SSSR count). The van der Waals surface area contributed by atoms with Crippen LogP contribution in [-0.4, -0.2) is 43.7 Å². The summed E-state index contributed by atoms with van der Waals surface area (Å²) in [6.07, 6.45) is 3.32. The van der Waals surface area contributed by atoms with Crippen molar-refractivity contribution in [2.75, 3.05) is 19.3 Å². The third-order valence-corrected chi connectivity index (χ3v) is 7.63. The average molecular weight is 348 g/mol. The highest BCUT2D eigenvalue weighted by Gasteiger charge is 2.37. The van der Waals surface area contributed by atoms with Crippen LogP contribution in [-0.2, 0) is 9.84 Å². The molecule has 23 heavy (non-hydrogen) atoms. The first-order valence-electron chi connectivity index (χ1n) is 8.00. The van der Waals surface area contributed by atoms with Gasteiger partial charge >= 0.3 is 0 Å². The van der Waals surface area contributed by atoms with Crippen LogP contribution in [0, 0.1) is 0 Å². The molecule has 1 fully saturated rings. The topological polar surface area (TPSA) is 50.3 Å². The number of thiazole rings is 1. The summed E-state index contributed by atoms with van der Waals surface area (Å²) in [5.74, 6) is 0.367. The third kappa shape index (κ3) is 2.73. The largest absolute Gasteiger partial charge is 0.303 e. The van der Waals surface area contributed by atoms with Gasteiger partial charge in [0.1, 0.15) is 0 Å². The van der Waals surface area contributed by atoms with Gasteiger partial charge < -0.3 is 4.90 Å². The molecule has 2 aliphatic heterocycles. The van der Waals surface area contributed by atoms with Gasteiger partial charge in [0.15, 0.2) is 9.84 Å². The molecule has 3 heterocycles. The molecule has 0 N–H and O–H groups in total. The highest BCUT2D eigenvalue weighted by molar-refractivity contribution is 7.91. The Morgan fingerprint density at radius 1 is 1.39 bits per heavy atom. The van der Waals surface area contributed by atoms with Gasteiger partial charge in [-0.05, 0) is 50.6 Å². The summed E-state index contributed by atoms with van der Waals surface area (Å²) in [7, 11) is -0.989. The van der Waals surface area contributed by atoms with Crippen molar-refractivity contribution in [1.29, 1.82) is 0 Å². The number of sulfone groups is 1. The SMILES string of the molecule is CN1CCC[C@@H]1CC1CS(=O)(=O)c2ccc(-c3cscn3)cc21. The van der Waals surface area contributed by atoms with Crippen LogP contribution in [0.15, 0.2) is 34.0 Å². The van der Waals surface area contributed by atoms with E-state index in [4.69, 9.17) is 0 Å². The molecule has 1 aromatic carbocycles. The number of nitrogens with zero attached hydrogens (tertiary/aromatic N) is 2. The number of aromatic nitrogens is 1. The van der Waals surface area contributed by atoms with Crippen molar-refractivity contribution < 1.29 is 8.42 Å². The Labute approximate surface area is 141 Å². The van der Waals surface area contributed by atoms with E-state index in [2.05, 4.69) is 23.0 Å². The molecular formula is C17H20N2O2S2. The van der Waals surface area contributed by atoms with Crippen LogP contribution in [0.3, 0.4) is 0 Å². The number of hydrogen-bond donors (Lipinski definition) is 0. The minimum absolute atomic E-state index is 0.110. The molecule has 0 amide bonds. The first kappa shape index (κ1) is 15.3. The molecule has 2 aliphatic rings. The van der Waals surface area contributed by atoms with E-state index in [0.29, 0.717) is 10.9 Å². The van der Waals surface area contributed by atoms with Crippen molar-refractivity contribution in [3.8, 4) is 11.3 Å². The lowest BCUT2D eigenvalue weighted by Crippen LogP contribution is -2.27. The van der Waals surface area contributed by atoms with E-state index < -0.39 is 9.84 Å². The lowest BCUT2D eigenvalue weighted by Gasteiger charge is -2.22. The zero-order chi connectivity index (χ0) is 16.0. The summed E-state index contributed by atoms with van der Waals surface area (Å²) >= 11 is 1.56. The van der Waals surface area contributed by atoms with Crippen LogP contribution in [0.5, 0.6) is 0 Å². The summed E-state index contributed by atoms with van der Waals surface area (Å²) in [6, 6.07) is 6.21. The van der Waals surface area contributed by atoms with E-state index in [1.807, 2.05) is 17.0 Å². The smallest absolute Gasteiger partial charge is 0.179 e. The van der Waals surface area contributed by atoms with Gasteiger partial charge in [-0.15, -0.1) is 11.3 Å². The van der Waals surface area contributed by atoms with Gasteiger partial charge in [0.05, 0.1) is 21.9 Å². The number of fused-ring (bicyclic) bond motifs is 1. The van der Waals surface area contributed by atoms with Crippen LogP contribution in [0.25, 0.3) is 11.3 Å². The molecule has 0 bridgehead atoms. The van der Waals surface area contributed by atoms with E-state index >= 15 is 0 Å². The Balaban J connectivity index is 1.71. The molecule has 6 heteroatoms. The Bertz CT molecular complexity index is 815. The van der Waals surface area contributed by atoms with Crippen molar-refractivity contribution >= 4 is 21.2 Å². The number of rotatable bonds is 3. The van der Waals surface area contributed by atoms with E-state index in [9.17, 15) is 8.42 Å². The monoisotopic (exact) mass is 348 g/mol. The minimum atomic E-state index is -3.14. The molecule has 0 radical (unpaired) electrons.